The van der Waals surface area contributed by atoms with Crippen molar-refractivity contribution in [2.75, 3.05) is 0 Å². The molecular weight excluding hydrogens is 98.1 g/mol. The Balaban J connectivity index is 2.46. The van der Waals surface area contributed by atoms with E-state index in [-0.39, 0.29) is 0 Å². The summed E-state index contributed by atoms with van der Waals surface area (Å²) in [4.78, 5) is 0. The summed E-state index contributed by atoms with van der Waals surface area (Å²) in [6.07, 6.45) is 3.23. The van der Waals surface area contributed by atoms with Gasteiger partial charge in [-0.25, -0.2) is 0 Å². The van der Waals surface area contributed by atoms with Crippen molar-refractivity contribution in [3.05, 3.63) is 11.5 Å². The lowest BCUT2D eigenvalue weighted by Gasteiger charge is -1.88. The number of hydrogen-bond donors (Lipinski definition) is 0. The fraction of sp³-hybridized carbons (Fsp3) is 0. The lowest BCUT2D eigenvalue weighted by atomic mass is 10.7. The van der Waals surface area contributed by atoms with Crippen LogP contribution in [0.1, 0.15) is 0 Å². The first-order valence-electron chi connectivity index (χ1n) is 1.43. The summed E-state index contributed by atoms with van der Waals surface area (Å²) in [6, 6.07) is 0. The van der Waals surface area contributed by atoms with Gasteiger partial charge in [0.25, 0.3) is 0 Å². The van der Waals surface area contributed by atoms with Crippen molar-refractivity contribution in [3.8, 4) is 0 Å². The summed E-state index contributed by atoms with van der Waals surface area (Å²) < 4.78 is 4.41. The van der Waals surface area contributed by atoms with Crippen LogP contribution in [0.25, 0.3) is 0 Å². The molecule has 6 heavy (non-hydrogen) atoms. The third kappa shape index (κ3) is 0.755. The fourth-order valence-corrected chi connectivity index (χ4v) is 0.409. The maximum absolute atomic E-state index is 4.41. The van der Waals surface area contributed by atoms with Gasteiger partial charge in [0, 0.05) is 0 Å². The van der Waals surface area contributed by atoms with Gasteiger partial charge in [0.1, 0.15) is 12.0 Å². The van der Waals surface area contributed by atoms with Gasteiger partial charge in [-0.2, -0.15) is 0 Å². The molecule has 0 aliphatic carbocycles. The average Bonchev–Trinajstić information content (AvgIpc) is 1.72. The van der Waals surface area contributed by atoms with Crippen LogP contribution in [-0.2, 0) is 4.28 Å². The zero-order chi connectivity index (χ0) is 4.24. The molecule has 0 saturated heterocycles. The lowest BCUT2D eigenvalue weighted by Crippen LogP contribution is -1.71. The van der Waals surface area contributed by atoms with Crippen LogP contribution in [0.3, 0.4) is 0 Å². The second-order valence-corrected chi connectivity index (χ2v) is 1.25. The third-order valence-electron chi connectivity index (χ3n) is 0.332. The minimum Gasteiger partial charge on any atom is -0.317 e. The molecule has 0 atom stereocenters. The molecule has 1 rings (SSSR count). The van der Waals surface area contributed by atoms with Gasteiger partial charge in [0.15, 0.2) is 0 Å². The molecule has 0 bridgehead atoms. The summed E-state index contributed by atoms with van der Waals surface area (Å²) in [5.74, 6) is 0. The highest BCUT2D eigenvalue weighted by molar-refractivity contribution is 7.96. The number of oxime groups is 1. The number of rotatable bonds is 0. The second kappa shape index (κ2) is 1.87. The van der Waals surface area contributed by atoms with Crippen LogP contribution in [0.5, 0.6) is 0 Å². The van der Waals surface area contributed by atoms with Crippen LogP contribution in [0.15, 0.2) is 11.2 Å². The SMILES string of the molecule is [C]1=CC=NOS1. The van der Waals surface area contributed by atoms with Gasteiger partial charge in [-0.05, 0) is 6.08 Å². The molecule has 0 aromatic rings. The minimum absolute atomic E-state index is 1.09. The van der Waals surface area contributed by atoms with E-state index in [1.54, 1.807) is 6.08 Å². The zero-order valence-electron chi connectivity index (χ0n) is 2.92. The van der Waals surface area contributed by atoms with Crippen LogP contribution in [-0.4, -0.2) is 6.21 Å². The largest absolute Gasteiger partial charge is 0.317 e. The topological polar surface area (TPSA) is 21.6 Å². The van der Waals surface area contributed by atoms with Gasteiger partial charge < -0.3 is 4.28 Å². The van der Waals surface area contributed by atoms with E-state index in [0.717, 1.165) is 12.0 Å². The highest BCUT2D eigenvalue weighted by Gasteiger charge is 1.80. The van der Waals surface area contributed by atoms with Crippen molar-refractivity contribution in [2.45, 2.75) is 0 Å². The highest BCUT2D eigenvalue weighted by Crippen LogP contribution is 2.04. The van der Waals surface area contributed by atoms with Crippen LogP contribution >= 0.6 is 12.0 Å². The van der Waals surface area contributed by atoms with E-state index in [1.807, 2.05) is 0 Å². The zero-order valence-corrected chi connectivity index (χ0v) is 3.73. The van der Waals surface area contributed by atoms with Gasteiger partial charge in [-0.1, -0.05) is 5.16 Å². The highest BCUT2D eigenvalue weighted by atomic mass is 32.2. The van der Waals surface area contributed by atoms with Crippen LogP contribution in [0, 0.1) is 5.41 Å². The molecule has 1 radical (unpaired) electrons. The van der Waals surface area contributed by atoms with E-state index in [0.29, 0.717) is 0 Å². The average molecular weight is 100 g/mol. The summed E-state index contributed by atoms with van der Waals surface area (Å²) in [7, 11) is 0. The van der Waals surface area contributed by atoms with E-state index in [9.17, 15) is 0 Å². The number of allylic oxidation sites excluding steroid dienone is 1. The normalized spacial score (nSPS) is 17.3. The maximum Gasteiger partial charge on any atom is 0.126 e. The molecule has 31 valence electrons. The monoisotopic (exact) mass is 100.0 g/mol. The Labute approximate surface area is 40.1 Å². The molecule has 1 aliphatic heterocycles. The molecule has 3 heteroatoms. The molecule has 1 aliphatic rings. The molecule has 2 nitrogen and oxygen atoms in total. The Kier molecular flexibility index (Phi) is 1.17. The van der Waals surface area contributed by atoms with Crippen molar-refractivity contribution >= 4 is 18.3 Å². The Morgan fingerprint density at radius 3 is 3.00 bits per heavy atom. The van der Waals surface area contributed by atoms with Gasteiger partial charge in [0.05, 0.1) is 11.6 Å². The van der Waals surface area contributed by atoms with Gasteiger partial charge >= 0.3 is 0 Å². The standard InChI is InChI=1S/C3H2NOS/c1-2-4-5-6-3-1/h1-2H. The van der Waals surface area contributed by atoms with Crippen LogP contribution < -0.4 is 0 Å². The second-order valence-electron chi connectivity index (χ2n) is 0.697. The predicted octanol–water partition coefficient (Wildman–Crippen LogP) is 0.967. The van der Waals surface area contributed by atoms with E-state index >= 15 is 0 Å². The molecule has 0 aromatic carbocycles. The fourth-order valence-electron chi connectivity index (χ4n) is 0.157. The van der Waals surface area contributed by atoms with Crippen molar-refractivity contribution in [2.24, 2.45) is 5.16 Å². The lowest BCUT2D eigenvalue weighted by molar-refractivity contribution is 0.410. The first kappa shape index (κ1) is 3.74. The van der Waals surface area contributed by atoms with Crippen molar-refractivity contribution in [3.63, 3.8) is 0 Å². The maximum atomic E-state index is 4.41. The van der Waals surface area contributed by atoms with Crippen molar-refractivity contribution < 1.29 is 4.28 Å². The van der Waals surface area contributed by atoms with Crippen molar-refractivity contribution in [1.82, 2.24) is 0 Å². The van der Waals surface area contributed by atoms with Gasteiger partial charge in [-0.15, -0.1) is 0 Å². The molecule has 0 aromatic heterocycles. The summed E-state index contributed by atoms with van der Waals surface area (Å²) >= 11 is 1.09. The van der Waals surface area contributed by atoms with Crippen LogP contribution in [0.2, 0.25) is 0 Å². The predicted molar refractivity (Wildman–Crippen MR) is 25.0 cm³/mol. The molecule has 0 spiro atoms. The van der Waals surface area contributed by atoms with Crippen LogP contribution in [0.4, 0.5) is 0 Å². The summed E-state index contributed by atoms with van der Waals surface area (Å²) in [5, 5.41) is 6.10. The Hall–Kier alpha value is -0.440. The van der Waals surface area contributed by atoms with Crippen molar-refractivity contribution in [1.29, 1.82) is 0 Å². The molecule has 0 amide bonds. The molecule has 0 saturated carbocycles. The molecule has 1 heterocycles. The quantitative estimate of drug-likeness (QED) is 0.423. The first-order chi connectivity index (χ1) is 3.00. The van der Waals surface area contributed by atoms with E-state index < -0.39 is 0 Å². The Bertz CT molecular complexity index is 76.8. The minimum atomic E-state index is 1.09. The summed E-state index contributed by atoms with van der Waals surface area (Å²) in [6.45, 7) is 0. The third-order valence-corrected chi connectivity index (χ3v) is 0.725. The molecule has 0 N–H and O–H groups in total. The molecule has 0 unspecified atom stereocenters. The Morgan fingerprint density at radius 2 is 2.83 bits per heavy atom. The van der Waals surface area contributed by atoms with E-state index in [1.165, 1.54) is 6.21 Å². The smallest absolute Gasteiger partial charge is 0.126 e. The number of nitrogens with zero attached hydrogens (tertiary/aromatic N) is 1. The molecular formula is C3H2NOS. The molecule has 0 fully saturated rings. The van der Waals surface area contributed by atoms with Gasteiger partial charge in [0.2, 0.25) is 0 Å². The Morgan fingerprint density at radius 1 is 1.83 bits per heavy atom. The van der Waals surface area contributed by atoms with Gasteiger partial charge in [-0.3, -0.25) is 0 Å². The van der Waals surface area contributed by atoms with E-state index in [4.69, 9.17) is 0 Å². The summed E-state index contributed by atoms with van der Waals surface area (Å²) in [5.41, 5.74) is 0. The van der Waals surface area contributed by atoms with E-state index in [2.05, 4.69) is 14.8 Å². The number of hydrogen-bond acceptors (Lipinski definition) is 3. The first-order valence-corrected chi connectivity index (χ1v) is 2.18.